The van der Waals surface area contributed by atoms with Gasteiger partial charge in [-0.15, -0.1) is 0 Å². The van der Waals surface area contributed by atoms with Crippen LogP contribution in [-0.2, 0) is 0 Å². The van der Waals surface area contributed by atoms with Gasteiger partial charge in [-0.1, -0.05) is 0 Å². The lowest BCUT2D eigenvalue weighted by Gasteiger charge is -2.05. The molecule has 3 aromatic heterocycles. The van der Waals surface area contributed by atoms with Gasteiger partial charge in [0.1, 0.15) is 10.1 Å². The summed E-state index contributed by atoms with van der Waals surface area (Å²) in [7, 11) is 0. The number of hydrazine groups is 1. The van der Waals surface area contributed by atoms with Crippen molar-refractivity contribution in [2.75, 3.05) is 5.43 Å². The summed E-state index contributed by atoms with van der Waals surface area (Å²) in [6, 6.07) is 3.78. The van der Waals surface area contributed by atoms with Crippen LogP contribution in [0.15, 0.2) is 39.1 Å². The van der Waals surface area contributed by atoms with Gasteiger partial charge in [0.2, 0.25) is 5.95 Å². The van der Waals surface area contributed by atoms with Crippen molar-refractivity contribution in [3.8, 4) is 0 Å². The molecular weight excluding hydrogens is 330 g/mol. The number of nitrogens with zero attached hydrogens (tertiary/aromatic N) is 4. The lowest BCUT2D eigenvalue weighted by Crippen LogP contribution is -2.10. The van der Waals surface area contributed by atoms with Crippen LogP contribution in [0.5, 0.6) is 0 Å². The number of halogens is 1. The standard InChI is InChI=1S/C10H8BrN7S/c11-6-2-1-3-13-9(6)19-8-5-4-14-18-7(5)15-10(16-8)17-12/h1-4H,12H2,(H2,14,15,16,17,18). The number of pyridine rings is 1. The van der Waals surface area contributed by atoms with Crippen molar-refractivity contribution in [3.63, 3.8) is 0 Å². The highest BCUT2D eigenvalue weighted by Crippen LogP contribution is 2.34. The second-order valence-corrected chi connectivity index (χ2v) is 5.35. The zero-order valence-electron chi connectivity index (χ0n) is 9.46. The fourth-order valence-corrected chi connectivity index (χ4v) is 2.84. The molecule has 0 aromatic carbocycles. The number of rotatable bonds is 3. The van der Waals surface area contributed by atoms with E-state index in [1.807, 2.05) is 12.1 Å². The Kier molecular flexibility index (Phi) is 3.32. The van der Waals surface area contributed by atoms with Crippen molar-refractivity contribution in [3.05, 3.63) is 29.0 Å². The Morgan fingerprint density at radius 1 is 1.32 bits per heavy atom. The lowest BCUT2D eigenvalue weighted by molar-refractivity contribution is 1.04. The van der Waals surface area contributed by atoms with E-state index in [1.54, 1.807) is 12.4 Å². The molecule has 0 saturated carbocycles. The van der Waals surface area contributed by atoms with Gasteiger partial charge < -0.3 is 0 Å². The molecule has 3 rings (SSSR count). The summed E-state index contributed by atoms with van der Waals surface area (Å²) in [6.07, 6.45) is 3.40. The van der Waals surface area contributed by atoms with Crippen LogP contribution in [0.25, 0.3) is 11.0 Å². The van der Waals surface area contributed by atoms with Gasteiger partial charge in [-0.3, -0.25) is 10.5 Å². The minimum absolute atomic E-state index is 0.325. The number of nitrogens with two attached hydrogens (primary N) is 1. The van der Waals surface area contributed by atoms with Crippen molar-refractivity contribution in [2.24, 2.45) is 5.84 Å². The number of anilines is 1. The van der Waals surface area contributed by atoms with Gasteiger partial charge >= 0.3 is 0 Å². The first-order chi connectivity index (χ1) is 9.28. The smallest absolute Gasteiger partial charge is 0.240 e. The summed E-state index contributed by atoms with van der Waals surface area (Å²) in [6.45, 7) is 0. The van der Waals surface area contributed by atoms with E-state index in [2.05, 4.69) is 46.5 Å². The fourth-order valence-electron chi connectivity index (χ4n) is 1.49. The van der Waals surface area contributed by atoms with E-state index in [-0.39, 0.29) is 0 Å². The number of H-pyrrole nitrogens is 1. The number of nitrogen functional groups attached to an aromatic ring is 1. The summed E-state index contributed by atoms with van der Waals surface area (Å²) in [4.78, 5) is 12.8. The van der Waals surface area contributed by atoms with Gasteiger partial charge in [-0.25, -0.2) is 15.8 Å². The number of nitrogens with one attached hydrogen (secondary N) is 2. The first-order valence-electron chi connectivity index (χ1n) is 5.24. The largest absolute Gasteiger partial charge is 0.292 e. The first-order valence-corrected chi connectivity index (χ1v) is 6.85. The van der Waals surface area contributed by atoms with E-state index in [0.717, 1.165) is 19.9 Å². The second kappa shape index (κ2) is 5.11. The minimum atomic E-state index is 0.325. The Hall–Kier alpha value is -1.71. The minimum Gasteiger partial charge on any atom is -0.292 e. The molecule has 3 aromatic rings. The van der Waals surface area contributed by atoms with Crippen molar-refractivity contribution in [1.82, 2.24) is 25.1 Å². The molecule has 0 spiro atoms. The van der Waals surface area contributed by atoms with Crippen LogP contribution in [0, 0.1) is 0 Å². The molecule has 0 amide bonds. The SMILES string of the molecule is NNc1nc(Sc2ncccc2Br)c2cn[nH]c2n1. The van der Waals surface area contributed by atoms with E-state index in [0.29, 0.717) is 11.6 Å². The van der Waals surface area contributed by atoms with Crippen LogP contribution in [0.4, 0.5) is 5.95 Å². The highest BCUT2D eigenvalue weighted by molar-refractivity contribution is 9.10. The predicted molar refractivity (Wildman–Crippen MR) is 75.6 cm³/mol. The summed E-state index contributed by atoms with van der Waals surface area (Å²) in [5.41, 5.74) is 3.06. The van der Waals surface area contributed by atoms with E-state index in [1.165, 1.54) is 11.8 Å². The van der Waals surface area contributed by atoms with Crippen LogP contribution in [0.1, 0.15) is 0 Å². The van der Waals surface area contributed by atoms with Gasteiger partial charge in [-0.2, -0.15) is 10.1 Å². The quantitative estimate of drug-likeness (QED) is 0.381. The molecule has 4 N–H and O–H groups in total. The second-order valence-electron chi connectivity index (χ2n) is 3.52. The zero-order valence-corrected chi connectivity index (χ0v) is 11.9. The lowest BCUT2D eigenvalue weighted by atomic mass is 10.4. The first kappa shape index (κ1) is 12.3. The molecule has 3 heterocycles. The fraction of sp³-hybridized carbons (Fsp3) is 0. The molecule has 0 aliphatic rings. The normalized spacial score (nSPS) is 10.8. The van der Waals surface area contributed by atoms with Gasteiger partial charge in [0.15, 0.2) is 5.65 Å². The van der Waals surface area contributed by atoms with E-state index >= 15 is 0 Å². The Labute approximate surface area is 120 Å². The summed E-state index contributed by atoms with van der Waals surface area (Å²) in [5.74, 6) is 5.68. The van der Waals surface area contributed by atoms with Crippen LogP contribution in [0.3, 0.4) is 0 Å². The summed E-state index contributed by atoms with van der Waals surface area (Å²) >= 11 is 4.87. The van der Waals surface area contributed by atoms with Gasteiger partial charge in [0, 0.05) is 6.20 Å². The number of hydrogen-bond donors (Lipinski definition) is 3. The Morgan fingerprint density at radius 2 is 2.21 bits per heavy atom. The molecule has 0 fully saturated rings. The molecule has 0 bridgehead atoms. The third kappa shape index (κ3) is 2.39. The van der Waals surface area contributed by atoms with E-state index in [9.17, 15) is 0 Å². The molecule has 0 radical (unpaired) electrons. The summed E-state index contributed by atoms with van der Waals surface area (Å²) < 4.78 is 0.900. The molecule has 0 aliphatic carbocycles. The van der Waals surface area contributed by atoms with E-state index < -0.39 is 0 Å². The predicted octanol–water partition coefficient (Wildman–Crippen LogP) is 1.95. The maximum atomic E-state index is 5.36. The molecule has 19 heavy (non-hydrogen) atoms. The molecule has 9 heteroatoms. The maximum Gasteiger partial charge on any atom is 0.240 e. The monoisotopic (exact) mass is 337 g/mol. The average Bonchev–Trinajstić information content (AvgIpc) is 2.89. The van der Waals surface area contributed by atoms with Crippen LogP contribution >= 0.6 is 27.7 Å². The molecule has 0 unspecified atom stereocenters. The van der Waals surface area contributed by atoms with Crippen molar-refractivity contribution >= 4 is 44.7 Å². The van der Waals surface area contributed by atoms with Gasteiger partial charge in [-0.05, 0) is 39.8 Å². The van der Waals surface area contributed by atoms with Gasteiger partial charge in [0.05, 0.1) is 16.1 Å². The molecular formula is C10H8BrN7S. The summed E-state index contributed by atoms with van der Waals surface area (Å²) in [5, 5.41) is 9.11. The number of aromatic nitrogens is 5. The Morgan fingerprint density at radius 3 is 3.00 bits per heavy atom. The third-order valence-corrected chi connectivity index (χ3v) is 4.25. The number of fused-ring (bicyclic) bond motifs is 1. The Balaban J connectivity index is 2.09. The maximum absolute atomic E-state index is 5.36. The molecule has 0 atom stereocenters. The molecule has 7 nitrogen and oxygen atoms in total. The molecule has 96 valence electrons. The Bertz CT molecular complexity index is 729. The zero-order chi connectivity index (χ0) is 13.2. The van der Waals surface area contributed by atoms with Crippen molar-refractivity contribution in [2.45, 2.75) is 10.1 Å². The van der Waals surface area contributed by atoms with Crippen LogP contribution < -0.4 is 11.3 Å². The van der Waals surface area contributed by atoms with Crippen LogP contribution in [0.2, 0.25) is 0 Å². The third-order valence-electron chi connectivity index (χ3n) is 2.32. The van der Waals surface area contributed by atoms with Crippen LogP contribution in [-0.4, -0.2) is 25.1 Å². The number of aromatic amines is 1. The number of hydrogen-bond acceptors (Lipinski definition) is 7. The highest BCUT2D eigenvalue weighted by Gasteiger charge is 2.12. The highest BCUT2D eigenvalue weighted by atomic mass is 79.9. The average molecular weight is 338 g/mol. The molecule has 0 aliphatic heterocycles. The molecule has 0 saturated heterocycles. The van der Waals surface area contributed by atoms with E-state index in [4.69, 9.17) is 5.84 Å². The van der Waals surface area contributed by atoms with Crippen molar-refractivity contribution < 1.29 is 0 Å². The topological polar surface area (TPSA) is 105 Å². The van der Waals surface area contributed by atoms with Gasteiger partial charge in [0.25, 0.3) is 0 Å². The van der Waals surface area contributed by atoms with Crippen molar-refractivity contribution in [1.29, 1.82) is 0 Å².